The van der Waals surface area contributed by atoms with Crippen molar-refractivity contribution in [2.45, 2.75) is 20.8 Å². The first kappa shape index (κ1) is 17.8. The van der Waals surface area contributed by atoms with Gasteiger partial charge in [0.2, 0.25) is 5.91 Å². The Morgan fingerprint density at radius 2 is 1.83 bits per heavy atom. The third-order valence-corrected chi connectivity index (χ3v) is 3.69. The number of nitrogens with zero attached hydrogens (tertiary/aromatic N) is 2. The number of rotatable bonds is 5. The van der Waals surface area contributed by atoms with Crippen LogP contribution in [0.3, 0.4) is 0 Å². The molecule has 1 aliphatic rings. The third-order valence-electron chi connectivity index (χ3n) is 3.69. The van der Waals surface area contributed by atoms with Crippen molar-refractivity contribution in [1.29, 1.82) is 0 Å². The molecule has 5 nitrogen and oxygen atoms in total. The molecular formula is C18H29N3O2. The summed E-state index contributed by atoms with van der Waals surface area (Å²) in [5.74, 6) is 0.0240. The van der Waals surface area contributed by atoms with Crippen molar-refractivity contribution >= 4 is 17.3 Å². The number of morpholine rings is 1. The predicted octanol–water partition coefficient (Wildman–Crippen LogP) is 2.44. The predicted molar refractivity (Wildman–Crippen MR) is 95.1 cm³/mol. The van der Waals surface area contributed by atoms with E-state index in [9.17, 15) is 4.79 Å². The first-order chi connectivity index (χ1) is 10.8. The van der Waals surface area contributed by atoms with Gasteiger partial charge in [0, 0.05) is 31.0 Å². The van der Waals surface area contributed by atoms with Gasteiger partial charge in [0.15, 0.2) is 0 Å². The van der Waals surface area contributed by atoms with Crippen LogP contribution in [-0.2, 0) is 9.53 Å². The van der Waals surface area contributed by atoms with Crippen LogP contribution in [0.15, 0.2) is 24.3 Å². The lowest BCUT2D eigenvalue weighted by Gasteiger charge is -2.29. The Balaban J connectivity index is 1.84. The zero-order valence-electron chi connectivity index (χ0n) is 14.8. The van der Waals surface area contributed by atoms with Gasteiger partial charge in [-0.1, -0.05) is 20.8 Å². The molecule has 0 atom stereocenters. The summed E-state index contributed by atoms with van der Waals surface area (Å²) < 4.78 is 5.37. The second kappa shape index (κ2) is 7.79. The van der Waals surface area contributed by atoms with Crippen molar-refractivity contribution in [2.24, 2.45) is 5.41 Å². The summed E-state index contributed by atoms with van der Waals surface area (Å²) in [7, 11) is 1.98. The molecule has 0 bridgehead atoms. The number of benzene rings is 1. The fourth-order valence-corrected chi connectivity index (χ4v) is 2.89. The molecule has 0 saturated carbocycles. The maximum atomic E-state index is 12.1. The SMILES string of the molecule is CN(CC(=O)Nc1ccc(N2CCOCC2)cc1)CC(C)(C)C. The monoisotopic (exact) mass is 319 g/mol. The molecule has 128 valence electrons. The van der Waals surface area contributed by atoms with E-state index in [2.05, 4.69) is 48.0 Å². The smallest absolute Gasteiger partial charge is 0.238 e. The van der Waals surface area contributed by atoms with Gasteiger partial charge in [-0.05, 0) is 36.7 Å². The highest BCUT2D eigenvalue weighted by Crippen LogP contribution is 2.19. The molecule has 1 fully saturated rings. The van der Waals surface area contributed by atoms with E-state index in [4.69, 9.17) is 4.74 Å². The molecule has 1 aromatic rings. The number of ether oxygens (including phenoxy) is 1. The summed E-state index contributed by atoms with van der Waals surface area (Å²) >= 11 is 0. The van der Waals surface area contributed by atoms with E-state index in [-0.39, 0.29) is 11.3 Å². The zero-order valence-corrected chi connectivity index (χ0v) is 14.8. The van der Waals surface area contributed by atoms with Crippen molar-refractivity contribution in [2.75, 3.05) is 56.7 Å². The van der Waals surface area contributed by atoms with Crippen molar-refractivity contribution in [3.05, 3.63) is 24.3 Å². The van der Waals surface area contributed by atoms with Crippen LogP contribution in [0.25, 0.3) is 0 Å². The number of carbonyl (C=O) groups excluding carboxylic acids is 1. The van der Waals surface area contributed by atoms with E-state index in [0.717, 1.165) is 38.5 Å². The Morgan fingerprint density at radius 1 is 1.22 bits per heavy atom. The molecule has 0 aliphatic carbocycles. The molecule has 1 N–H and O–H groups in total. The van der Waals surface area contributed by atoms with Crippen molar-refractivity contribution in [3.63, 3.8) is 0 Å². The Bertz CT molecular complexity index is 502. The van der Waals surface area contributed by atoms with Gasteiger partial charge in [-0.15, -0.1) is 0 Å². The summed E-state index contributed by atoms with van der Waals surface area (Å²) in [5, 5.41) is 2.96. The van der Waals surface area contributed by atoms with E-state index in [0.29, 0.717) is 6.54 Å². The van der Waals surface area contributed by atoms with Crippen LogP contribution in [0.2, 0.25) is 0 Å². The average molecular weight is 319 g/mol. The zero-order chi connectivity index (χ0) is 16.9. The van der Waals surface area contributed by atoms with Gasteiger partial charge < -0.3 is 15.0 Å². The number of amides is 1. The highest BCUT2D eigenvalue weighted by atomic mass is 16.5. The van der Waals surface area contributed by atoms with Crippen LogP contribution in [0.1, 0.15) is 20.8 Å². The quantitative estimate of drug-likeness (QED) is 0.905. The summed E-state index contributed by atoms with van der Waals surface area (Å²) in [6.45, 7) is 11.2. The fourth-order valence-electron chi connectivity index (χ4n) is 2.89. The van der Waals surface area contributed by atoms with Crippen LogP contribution in [0.5, 0.6) is 0 Å². The molecule has 0 aromatic heterocycles. The molecule has 1 saturated heterocycles. The van der Waals surface area contributed by atoms with Crippen molar-refractivity contribution in [3.8, 4) is 0 Å². The highest BCUT2D eigenvalue weighted by molar-refractivity contribution is 5.92. The summed E-state index contributed by atoms with van der Waals surface area (Å²) in [6.07, 6.45) is 0. The van der Waals surface area contributed by atoms with Gasteiger partial charge in [-0.3, -0.25) is 9.69 Å². The maximum Gasteiger partial charge on any atom is 0.238 e. The van der Waals surface area contributed by atoms with Crippen LogP contribution in [0, 0.1) is 5.41 Å². The second-order valence-electron chi connectivity index (χ2n) is 7.43. The standard InChI is InChI=1S/C18H29N3O2/c1-18(2,3)14-20(4)13-17(22)19-15-5-7-16(8-6-15)21-9-11-23-12-10-21/h5-8H,9-14H2,1-4H3,(H,19,22). The molecule has 23 heavy (non-hydrogen) atoms. The Hall–Kier alpha value is -1.59. The van der Waals surface area contributed by atoms with Crippen LogP contribution in [0.4, 0.5) is 11.4 Å². The van der Waals surface area contributed by atoms with Gasteiger partial charge in [0.25, 0.3) is 0 Å². The molecule has 5 heteroatoms. The van der Waals surface area contributed by atoms with E-state index in [1.165, 1.54) is 5.69 Å². The van der Waals surface area contributed by atoms with Gasteiger partial charge in [-0.25, -0.2) is 0 Å². The summed E-state index contributed by atoms with van der Waals surface area (Å²) in [4.78, 5) is 16.5. The largest absolute Gasteiger partial charge is 0.378 e. The van der Waals surface area contributed by atoms with Crippen LogP contribution >= 0.6 is 0 Å². The fraction of sp³-hybridized carbons (Fsp3) is 0.611. The molecule has 1 amide bonds. The summed E-state index contributed by atoms with van der Waals surface area (Å²) in [5.41, 5.74) is 2.21. The molecule has 0 radical (unpaired) electrons. The third kappa shape index (κ3) is 6.20. The number of hydrogen-bond donors (Lipinski definition) is 1. The Labute approximate surface area is 139 Å². The topological polar surface area (TPSA) is 44.8 Å². The normalized spacial score (nSPS) is 15.8. The molecule has 1 heterocycles. The van der Waals surface area contributed by atoms with Gasteiger partial charge in [0.05, 0.1) is 19.8 Å². The van der Waals surface area contributed by atoms with Crippen LogP contribution < -0.4 is 10.2 Å². The molecule has 0 spiro atoms. The highest BCUT2D eigenvalue weighted by Gasteiger charge is 2.16. The van der Waals surface area contributed by atoms with Crippen molar-refractivity contribution < 1.29 is 9.53 Å². The molecule has 0 unspecified atom stereocenters. The minimum atomic E-state index is 0.0240. The van der Waals surface area contributed by atoms with E-state index >= 15 is 0 Å². The lowest BCUT2D eigenvalue weighted by atomic mass is 9.96. The minimum absolute atomic E-state index is 0.0240. The number of hydrogen-bond acceptors (Lipinski definition) is 4. The first-order valence-corrected chi connectivity index (χ1v) is 8.25. The minimum Gasteiger partial charge on any atom is -0.378 e. The number of likely N-dealkylation sites (N-methyl/N-ethyl adjacent to an activating group) is 1. The summed E-state index contributed by atoms with van der Waals surface area (Å²) in [6, 6.07) is 8.04. The maximum absolute atomic E-state index is 12.1. The lowest BCUT2D eigenvalue weighted by Crippen LogP contribution is -2.36. The number of carbonyl (C=O) groups is 1. The first-order valence-electron chi connectivity index (χ1n) is 8.25. The van der Waals surface area contributed by atoms with Gasteiger partial charge >= 0.3 is 0 Å². The van der Waals surface area contributed by atoms with E-state index in [1.807, 2.05) is 19.2 Å². The molecular weight excluding hydrogens is 290 g/mol. The lowest BCUT2D eigenvalue weighted by molar-refractivity contribution is -0.117. The molecule has 1 aromatic carbocycles. The van der Waals surface area contributed by atoms with Crippen LogP contribution in [-0.4, -0.2) is 57.2 Å². The van der Waals surface area contributed by atoms with Gasteiger partial charge in [-0.2, -0.15) is 0 Å². The Kier molecular flexibility index (Phi) is 6.02. The van der Waals surface area contributed by atoms with Gasteiger partial charge in [0.1, 0.15) is 0 Å². The number of anilines is 2. The Morgan fingerprint density at radius 3 is 2.39 bits per heavy atom. The molecule has 1 aliphatic heterocycles. The van der Waals surface area contributed by atoms with Crippen molar-refractivity contribution in [1.82, 2.24) is 4.90 Å². The molecule has 2 rings (SSSR count). The second-order valence-corrected chi connectivity index (χ2v) is 7.43. The van der Waals surface area contributed by atoms with E-state index < -0.39 is 0 Å². The van der Waals surface area contributed by atoms with E-state index in [1.54, 1.807) is 0 Å². The number of nitrogens with one attached hydrogen (secondary N) is 1. The average Bonchev–Trinajstić information content (AvgIpc) is 2.46.